The maximum Gasteiger partial charge on any atom is 0.157 e. The second kappa shape index (κ2) is 6.47. The van der Waals surface area contributed by atoms with Gasteiger partial charge in [-0.3, -0.25) is 4.99 Å². The van der Waals surface area contributed by atoms with Crippen molar-refractivity contribution in [1.82, 2.24) is 5.32 Å². The van der Waals surface area contributed by atoms with Gasteiger partial charge in [0.2, 0.25) is 0 Å². The number of thioether (sulfide) groups is 1. The van der Waals surface area contributed by atoms with E-state index in [1.165, 1.54) is 49.3 Å². The molecular formula is C16H22N2S. The zero-order valence-corrected chi connectivity index (χ0v) is 12.2. The summed E-state index contributed by atoms with van der Waals surface area (Å²) in [6, 6.07) is 11.4. The smallest absolute Gasteiger partial charge is 0.157 e. The van der Waals surface area contributed by atoms with Crippen LogP contribution >= 0.6 is 11.8 Å². The minimum atomic E-state index is 0.509. The molecule has 1 atom stereocenters. The van der Waals surface area contributed by atoms with Gasteiger partial charge in [-0.2, -0.15) is 0 Å². The molecule has 0 radical (unpaired) electrons. The van der Waals surface area contributed by atoms with Crippen LogP contribution in [0.3, 0.4) is 0 Å². The average molecular weight is 274 g/mol. The first-order chi connectivity index (χ1) is 9.42. The fraction of sp³-hybridized carbons (Fsp3) is 0.562. The van der Waals surface area contributed by atoms with Crippen molar-refractivity contribution in [2.45, 2.75) is 49.8 Å². The molecular weight excluding hydrogens is 252 g/mol. The Balaban J connectivity index is 1.54. The minimum absolute atomic E-state index is 0.509. The van der Waals surface area contributed by atoms with Crippen molar-refractivity contribution in [3.63, 3.8) is 0 Å². The van der Waals surface area contributed by atoms with E-state index in [0.29, 0.717) is 11.3 Å². The molecule has 2 nitrogen and oxygen atoms in total. The fourth-order valence-electron chi connectivity index (χ4n) is 2.89. The van der Waals surface area contributed by atoms with Crippen molar-refractivity contribution < 1.29 is 0 Å². The lowest BCUT2D eigenvalue weighted by atomic mass is 10.1. The Labute approximate surface area is 120 Å². The Bertz CT molecular complexity index is 422. The molecule has 3 heteroatoms. The van der Waals surface area contributed by atoms with Gasteiger partial charge in [-0.05, 0) is 18.4 Å². The van der Waals surface area contributed by atoms with E-state index in [-0.39, 0.29) is 0 Å². The largest absolute Gasteiger partial charge is 0.362 e. The molecule has 3 rings (SSSR count). The van der Waals surface area contributed by atoms with Gasteiger partial charge in [-0.25, -0.2) is 0 Å². The summed E-state index contributed by atoms with van der Waals surface area (Å²) in [5, 5.41) is 5.35. The van der Waals surface area contributed by atoms with E-state index in [1.807, 2.05) is 11.8 Å². The molecule has 0 saturated heterocycles. The number of nitrogens with one attached hydrogen (secondary N) is 1. The van der Waals surface area contributed by atoms with Gasteiger partial charge in [0.1, 0.15) is 0 Å². The molecule has 19 heavy (non-hydrogen) atoms. The van der Waals surface area contributed by atoms with Crippen LogP contribution in [-0.4, -0.2) is 17.8 Å². The van der Waals surface area contributed by atoms with Crippen LogP contribution < -0.4 is 5.32 Å². The van der Waals surface area contributed by atoms with Crippen molar-refractivity contribution >= 4 is 16.9 Å². The molecule has 1 aliphatic heterocycles. The van der Waals surface area contributed by atoms with Crippen molar-refractivity contribution in [2.24, 2.45) is 4.99 Å². The summed E-state index contributed by atoms with van der Waals surface area (Å²) >= 11 is 1.90. The maximum atomic E-state index is 4.69. The van der Waals surface area contributed by atoms with Crippen LogP contribution in [0.1, 0.15) is 49.3 Å². The lowest BCUT2D eigenvalue weighted by molar-refractivity contribution is 0.536. The van der Waals surface area contributed by atoms with E-state index in [2.05, 4.69) is 40.6 Å². The normalized spacial score (nSPS) is 24.8. The molecule has 0 amide bonds. The number of rotatable bonds is 2. The maximum absolute atomic E-state index is 4.69. The third kappa shape index (κ3) is 3.53. The number of hydrogen-bond donors (Lipinski definition) is 1. The molecule has 2 aliphatic rings. The second-order valence-electron chi connectivity index (χ2n) is 5.50. The van der Waals surface area contributed by atoms with Crippen LogP contribution in [0.25, 0.3) is 0 Å². The van der Waals surface area contributed by atoms with E-state index in [9.17, 15) is 0 Å². The van der Waals surface area contributed by atoms with E-state index in [0.717, 1.165) is 6.54 Å². The Morgan fingerprint density at radius 3 is 2.47 bits per heavy atom. The van der Waals surface area contributed by atoms with E-state index >= 15 is 0 Å². The summed E-state index contributed by atoms with van der Waals surface area (Å²) < 4.78 is 0. The van der Waals surface area contributed by atoms with Gasteiger partial charge in [0.15, 0.2) is 5.17 Å². The number of nitrogens with zero attached hydrogens (tertiary/aromatic N) is 1. The molecule has 1 fully saturated rings. The monoisotopic (exact) mass is 274 g/mol. The second-order valence-corrected chi connectivity index (χ2v) is 6.69. The highest BCUT2D eigenvalue weighted by Crippen LogP contribution is 2.34. The molecule has 1 unspecified atom stereocenters. The first kappa shape index (κ1) is 13.0. The summed E-state index contributed by atoms with van der Waals surface area (Å²) in [5.41, 5.74) is 1.40. The summed E-state index contributed by atoms with van der Waals surface area (Å²) in [5.74, 6) is 0. The van der Waals surface area contributed by atoms with Gasteiger partial charge in [0.25, 0.3) is 0 Å². The van der Waals surface area contributed by atoms with E-state index < -0.39 is 0 Å². The van der Waals surface area contributed by atoms with E-state index in [4.69, 9.17) is 0 Å². The highest BCUT2D eigenvalue weighted by atomic mass is 32.2. The number of benzene rings is 1. The predicted molar refractivity (Wildman–Crippen MR) is 83.7 cm³/mol. The van der Waals surface area contributed by atoms with Crippen LogP contribution in [0.15, 0.2) is 35.3 Å². The van der Waals surface area contributed by atoms with Gasteiger partial charge < -0.3 is 5.32 Å². The fourth-order valence-corrected chi connectivity index (χ4v) is 3.99. The van der Waals surface area contributed by atoms with Gasteiger partial charge in [0.05, 0.1) is 11.8 Å². The topological polar surface area (TPSA) is 24.4 Å². The first-order valence-electron chi connectivity index (χ1n) is 7.44. The molecule has 1 aliphatic carbocycles. The molecule has 1 aromatic carbocycles. The third-order valence-electron chi connectivity index (χ3n) is 4.01. The summed E-state index contributed by atoms with van der Waals surface area (Å²) in [4.78, 5) is 4.69. The Morgan fingerprint density at radius 2 is 1.74 bits per heavy atom. The van der Waals surface area contributed by atoms with Gasteiger partial charge in [-0.1, -0.05) is 67.8 Å². The SMILES string of the molecule is c1ccc(C2CN=C(NC3CCCCCC3)S2)cc1. The Hall–Kier alpha value is -0.960. The van der Waals surface area contributed by atoms with Crippen molar-refractivity contribution in [3.8, 4) is 0 Å². The highest BCUT2D eigenvalue weighted by molar-refractivity contribution is 8.14. The Kier molecular flexibility index (Phi) is 4.44. The van der Waals surface area contributed by atoms with Crippen LogP contribution in [0.4, 0.5) is 0 Å². The summed E-state index contributed by atoms with van der Waals surface area (Å²) in [6.07, 6.45) is 8.19. The predicted octanol–water partition coefficient (Wildman–Crippen LogP) is 4.14. The zero-order valence-electron chi connectivity index (χ0n) is 11.3. The lowest BCUT2D eigenvalue weighted by Gasteiger charge is -2.17. The molecule has 0 spiro atoms. The van der Waals surface area contributed by atoms with Crippen LogP contribution in [0.2, 0.25) is 0 Å². The number of hydrogen-bond acceptors (Lipinski definition) is 3. The van der Waals surface area contributed by atoms with Crippen LogP contribution in [-0.2, 0) is 0 Å². The molecule has 1 N–H and O–H groups in total. The molecule has 0 bridgehead atoms. The molecule has 1 saturated carbocycles. The van der Waals surface area contributed by atoms with Gasteiger partial charge in [0, 0.05) is 6.04 Å². The van der Waals surface area contributed by atoms with Crippen molar-refractivity contribution in [1.29, 1.82) is 0 Å². The third-order valence-corrected chi connectivity index (χ3v) is 5.18. The van der Waals surface area contributed by atoms with Gasteiger partial charge in [-0.15, -0.1) is 0 Å². The first-order valence-corrected chi connectivity index (χ1v) is 8.32. The van der Waals surface area contributed by atoms with Gasteiger partial charge >= 0.3 is 0 Å². The molecule has 102 valence electrons. The van der Waals surface area contributed by atoms with Crippen molar-refractivity contribution in [2.75, 3.05) is 6.54 Å². The Morgan fingerprint density at radius 1 is 1.00 bits per heavy atom. The lowest BCUT2D eigenvalue weighted by Crippen LogP contribution is -2.31. The summed E-state index contributed by atoms with van der Waals surface area (Å²) in [7, 11) is 0. The molecule has 0 aromatic heterocycles. The molecule has 1 aromatic rings. The highest BCUT2D eigenvalue weighted by Gasteiger charge is 2.23. The minimum Gasteiger partial charge on any atom is -0.362 e. The number of amidine groups is 1. The zero-order chi connectivity index (χ0) is 12.9. The number of aliphatic imine (C=N–C) groups is 1. The van der Waals surface area contributed by atoms with E-state index in [1.54, 1.807) is 0 Å². The summed E-state index contributed by atoms with van der Waals surface area (Å²) in [6.45, 7) is 0.920. The van der Waals surface area contributed by atoms with Crippen molar-refractivity contribution in [3.05, 3.63) is 35.9 Å². The van der Waals surface area contributed by atoms with Crippen LogP contribution in [0, 0.1) is 0 Å². The van der Waals surface area contributed by atoms with Crippen LogP contribution in [0.5, 0.6) is 0 Å². The molecule has 1 heterocycles. The average Bonchev–Trinajstić information content (AvgIpc) is 2.76. The quantitative estimate of drug-likeness (QED) is 0.820. The standard InChI is InChI=1S/C16H22N2S/c1-2-7-11-14(10-6-1)18-16-17-12-15(19-16)13-8-4-3-5-9-13/h3-5,8-9,14-15H,1-2,6-7,10-12H2,(H,17,18).